The van der Waals surface area contributed by atoms with E-state index in [2.05, 4.69) is 4.74 Å². The molecule has 0 fully saturated rings. The molecule has 0 amide bonds. The topological polar surface area (TPSA) is 87.9 Å². The molecule has 1 aliphatic rings. The summed E-state index contributed by atoms with van der Waals surface area (Å²) in [4.78, 5) is 29.2. The third-order valence-electron chi connectivity index (χ3n) is 2.77. The van der Waals surface area contributed by atoms with Gasteiger partial charge in [-0.05, 0) is 18.4 Å². The maximum absolute atomic E-state index is 11.9. The second-order valence-electron chi connectivity index (χ2n) is 3.91. The fourth-order valence-electron chi connectivity index (χ4n) is 1.94. The smallest absolute Gasteiger partial charge is 0.405 e. The van der Waals surface area contributed by atoms with Gasteiger partial charge in [-0.1, -0.05) is 6.07 Å². The number of carbonyl (C=O) groups is 2. The predicted molar refractivity (Wildman–Crippen MR) is 69.2 cm³/mol. The molecule has 0 spiro atoms. The van der Waals surface area contributed by atoms with Crippen LogP contribution in [0.15, 0.2) is 17.5 Å². The number of esters is 2. The molecule has 1 aromatic heterocycles. The molecule has 2 rings (SSSR count). The summed E-state index contributed by atoms with van der Waals surface area (Å²) in [6, 6.07) is 3.47. The molecular formula is C12H13NO6S. The van der Waals surface area contributed by atoms with E-state index >= 15 is 0 Å². The molecule has 2 heterocycles. The normalized spacial score (nSPS) is 21.5. The van der Waals surface area contributed by atoms with Gasteiger partial charge in [0.15, 0.2) is 6.10 Å². The molecule has 0 bridgehead atoms. The van der Waals surface area contributed by atoms with Crippen LogP contribution in [0.5, 0.6) is 0 Å². The van der Waals surface area contributed by atoms with E-state index in [4.69, 9.17) is 9.57 Å². The van der Waals surface area contributed by atoms with Gasteiger partial charge in [-0.3, -0.25) is 10.0 Å². The summed E-state index contributed by atoms with van der Waals surface area (Å²) in [5.41, 5.74) is -0.256. The molecule has 0 aromatic carbocycles. The van der Waals surface area contributed by atoms with Crippen LogP contribution in [-0.4, -0.2) is 42.4 Å². The Labute approximate surface area is 118 Å². The van der Waals surface area contributed by atoms with E-state index in [1.165, 1.54) is 11.3 Å². The van der Waals surface area contributed by atoms with Crippen molar-refractivity contribution in [1.82, 2.24) is 0 Å². The van der Waals surface area contributed by atoms with Crippen molar-refractivity contribution in [3.8, 4) is 0 Å². The standard InChI is InChI=1S/C12H13NO6S/c1-3-18-12(15)10-8(7-5-4-6-20-7)9(11(14)17-2)13(16)19-10/h4-6,8,10H,3H2,1-2H3/t8-,10-/m1/s1. The van der Waals surface area contributed by atoms with Crippen LogP contribution < -0.4 is 0 Å². The molecule has 2 atom stereocenters. The van der Waals surface area contributed by atoms with Gasteiger partial charge >= 0.3 is 17.7 Å². The average Bonchev–Trinajstić information content (AvgIpc) is 3.05. The summed E-state index contributed by atoms with van der Waals surface area (Å²) >= 11 is 1.31. The van der Waals surface area contributed by atoms with Crippen molar-refractivity contribution in [1.29, 1.82) is 0 Å². The third-order valence-corrected chi connectivity index (χ3v) is 3.72. The largest absolute Gasteiger partial charge is 0.465 e. The Morgan fingerprint density at radius 1 is 1.55 bits per heavy atom. The van der Waals surface area contributed by atoms with Gasteiger partial charge in [0.25, 0.3) is 0 Å². The summed E-state index contributed by atoms with van der Waals surface area (Å²) in [5, 5.41) is 13.5. The molecule has 0 N–H and O–H groups in total. The van der Waals surface area contributed by atoms with E-state index in [0.29, 0.717) is 4.88 Å². The van der Waals surface area contributed by atoms with Crippen molar-refractivity contribution < 1.29 is 28.8 Å². The number of ether oxygens (including phenoxy) is 2. The minimum atomic E-state index is -1.18. The molecule has 8 heteroatoms. The lowest BCUT2D eigenvalue weighted by Gasteiger charge is -2.15. The number of thiophene rings is 1. The van der Waals surface area contributed by atoms with E-state index in [-0.39, 0.29) is 17.2 Å². The van der Waals surface area contributed by atoms with Crippen molar-refractivity contribution >= 4 is 29.0 Å². The fourth-order valence-corrected chi connectivity index (χ4v) is 2.79. The zero-order valence-electron chi connectivity index (χ0n) is 10.9. The summed E-state index contributed by atoms with van der Waals surface area (Å²) in [5.74, 6) is -2.34. The van der Waals surface area contributed by atoms with Gasteiger partial charge in [0, 0.05) is 4.88 Å². The molecule has 108 valence electrons. The summed E-state index contributed by atoms with van der Waals surface area (Å²) < 4.78 is 9.45. The predicted octanol–water partition coefficient (Wildman–Crippen LogP) is 0.833. The van der Waals surface area contributed by atoms with Crippen molar-refractivity contribution in [2.45, 2.75) is 18.9 Å². The Morgan fingerprint density at radius 2 is 2.30 bits per heavy atom. The number of hydrogen-bond acceptors (Lipinski definition) is 7. The first-order valence-electron chi connectivity index (χ1n) is 5.89. The first kappa shape index (κ1) is 14.3. The zero-order valence-corrected chi connectivity index (χ0v) is 11.7. The van der Waals surface area contributed by atoms with E-state index in [9.17, 15) is 14.8 Å². The first-order chi connectivity index (χ1) is 9.60. The molecule has 0 saturated heterocycles. The van der Waals surface area contributed by atoms with Gasteiger partial charge in [0.05, 0.1) is 18.6 Å². The quantitative estimate of drug-likeness (QED) is 0.604. The van der Waals surface area contributed by atoms with Crippen LogP contribution in [0.1, 0.15) is 17.7 Å². The Balaban J connectivity index is 2.39. The average molecular weight is 299 g/mol. The van der Waals surface area contributed by atoms with Crippen molar-refractivity contribution in [2.75, 3.05) is 13.7 Å². The van der Waals surface area contributed by atoms with E-state index in [1.807, 2.05) is 0 Å². The molecule has 1 aliphatic heterocycles. The molecule has 20 heavy (non-hydrogen) atoms. The minimum Gasteiger partial charge on any atom is -0.465 e. The lowest BCUT2D eigenvalue weighted by Crippen LogP contribution is -2.33. The Bertz CT molecular complexity index is 538. The lowest BCUT2D eigenvalue weighted by molar-refractivity contribution is -0.736. The molecule has 0 unspecified atom stereocenters. The molecule has 7 nitrogen and oxygen atoms in total. The van der Waals surface area contributed by atoms with Crippen LogP contribution in [0, 0.1) is 5.21 Å². The second-order valence-corrected chi connectivity index (χ2v) is 4.88. The van der Waals surface area contributed by atoms with Crippen molar-refractivity contribution in [3.63, 3.8) is 0 Å². The first-order valence-corrected chi connectivity index (χ1v) is 6.77. The molecule has 0 saturated carbocycles. The minimum absolute atomic E-state index is 0.0395. The number of nitrogens with zero attached hydrogens (tertiary/aromatic N) is 1. The second kappa shape index (κ2) is 5.91. The third kappa shape index (κ3) is 2.46. The Hall–Kier alpha value is -2.09. The molecule has 0 aliphatic carbocycles. The SMILES string of the molecule is CCOC(=O)[C@@H]1O[N+]([O-])=C(C(=O)OC)[C@H]1c1cccs1. The summed E-state index contributed by atoms with van der Waals surface area (Å²) in [6.07, 6.45) is -1.18. The highest BCUT2D eigenvalue weighted by molar-refractivity contribution is 7.10. The van der Waals surface area contributed by atoms with Crippen LogP contribution in [0.2, 0.25) is 0 Å². The van der Waals surface area contributed by atoms with Gasteiger partial charge < -0.3 is 14.3 Å². The fraction of sp³-hybridized carbons (Fsp3) is 0.417. The van der Waals surface area contributed by atoms with Crippen molar-refractivity contribution in [2.24, 2.45) is 0 Å². The van der Waals surface area contributed by atoms with Crippen LogP contribution >= 0.6 is 11.3 Å². The highest BCUT2D eigenvalue weighted by atomic mass is 32.1. The van der Waals surface area contributed by atoms with Gasteiger partial charge in [0.2, 0.25) is 0 Å². The summed E-state index contributed by atoms with van der Waals surface area (Å²) in [7, 11) is 1.16. The zero-order chi connectivity index (χ0) is 14.7. The molecule has 0 radical (unpaired) electrons. The van der Waals surface area contributed by atoms with Crippen molar-refractivity contribution in [3.05, 3.63) is 27.6 Å². The van der Waals surface area contributed by atoms with Crippen LogP contribution in [0.25, 0.3) is 0 Å². The number of rotatable bonds is 4. The highest BCUT2D eigenvalue weighted by Gasteiger charge is 2.50. The number of hydrogen-bond donors (Lipinski definition) is 0. The Kier molecular flexibility index (Phi) is 4.23. The monoisotopic (exact) mass is 299 g/mol. The van der Waals surface area contributed by atoms with E-state index < -0.39 is 24.0 Å². The van der Waals surface area contributed by atoms with Gasteiger partial charge in [0.1, 0.15) is 5.92 Å². The van der Waals surface area contributed by atoms with Gasteiger partial charge in [-0.25, -0.2) is 4.79 Å². The maximum atomic E-state index is 11.9. The number of carbonyl (C=O) groups excluding carboxylic acids is 2. The van der Waals surface area contributed by atoms with Crippen LogP contribution in [-0.2, 0) is 23.9 Å². The Morgan fingerprint density at radius 3 is 2.85 bits per heavy atom. The molecule has 1 aromatic rings. The van der Waals surface area contributed by atoms with E-state index in [1.54, 1.807) is 24.4 Å². The van der Waals surface area contributed by atoms with Gasteiger partial charge in [-0.15, -0.1) is 11.3 Å². The van der Waals surface area contributed by atoms with Gasteiger partial charge in [-0.2, -0.15) is 0 Å². The maximum Gasteiger partial charge on any atom is 0.405 e. The highest BCUT2D eigenvalue weighted by Crippen LogP contribution is 2.33. The van der Waals surface area contributed by atoms with E-state index in [0.717, 1.165) is 7.11 Å². The van der Waals surface area contributed by atoms with Crippen LogP contribution in [0.3, 0.4) is 0 Å². The molecular weight excluding hydrogens is 286 g/mol. The number of methoxy groups -OCH3 is 1. The van der Waals surface area contributed by atoms with Crippen LogP contribution in [0.4, 0.5) is 0 Å². The summed E-state index contributed by atoms with van der Waals surface area (Å²) in [6.45, 7) is 1.80. The lowest BCUT2D eigenvalue weighted by atomic mass is 9.95.